The van der Waals surface area contributed by atoms with Crippen molar-refractivity contribution in [2.45, 2.75) is 6.36 Å². The van der Waals surface area contributed by atoms with Crippen molar-refractivity contribution in [3.63, 3.8) is 0 Å². The average molecular weight is 424 g/mol. The molecule has 0 aliphatic heterocycles. The number of fused-ring (bicyclic) bond motifs is 1. The van der Waals surface area contributed by atoms with Gasteiger partial charge in [-0.2, -0.15) is 0 Å². The lowest BCUT2D eigenvalue weighted by molar-refractivity contribution is -0.274. The second kappa shape index (κ2) is 7.98. The van der Waals surface area contributed by atoms with Gasteiger partial charge in [0.05, 0.1) is 0 Å². The zero-order chi connectivity index (χ0) is 22.0. The number of halogens is 3. The number of hydrogen-bond donors (Lipinski definition) is 2. The van der Waals surface area contributed by atoms with Crippen LogP contribution in [-0.4, -0.2) is 17.3 Å². The number of carbonyl (C=O) groups is 1. The monoisotopic (exact) mass is 424 g/mol. The topological polar surface area (TPSA) is 71.2 Å². The fourth-order valence-electron chi connectivity index (χ4n) is 3.12. The van der Waals surface area contributed by atoms with Crippen LogP contribution in [0.3, 0.4) is 0 Å². The summed E-state index contributed by atoms with van der Waals surface area (Å²) in [6, 6.07) is 21.2. The van der Waals surface area contributed by atoms with Crippen molar-refractivity contribution in [2.24, 2.45) is 0 Å². The van der Waals surface area contributed by atoms with Gasteiger partial charge in [0, 0.05) is 11.4 Å². The zero-order valence-electron chi connectivity index (χ0n) is 15.9. The highest BCUT2D eigenvalue weighted by atomic mass is 19.4. The summed E-state index contributed by atoms with van der Waals surface area (Å²) >= 11 is 0. The Morgan fingerprint density at radius 3 is 2.26 bits per heavy atom. The van der Waals surface area contributed by atoms with Crippen molar-refractivity contribution in [2.75, 3.05) is 5.32 Å². The molecule has 1 aromatic heterocycles. The number of aromatic amines is 1. The van der Waals surface area contributed by atoms with E-state index in [1.807, 2.05) is 42.5 Å². The van der Waals surface area contributed by atoms with Crippen LogP contribution in [0, 0.1) is 0 Å². The molecule has 0 radical (unpaired) electrons. The Hall–Kier alpha value is -4.07. The Morgan fingerprint density at radius 2 is 1.58 bits per heavy atom. The molecule has 3 aromatic carbocycles. The number of hydrogen-bond acceptors (Lipinski definition) is 3. The van der Waals surface area contributed by atoms with E-state index in [-0.39, 0.29) is 11.3 Å². The standard InChI is InChI=1S/C23H15F3N2O3/c24-23(25,26)31-18-9-7-17(8-10-18)27-21(29)19-11-12-20(28-22(19)30)16-6-5-14-3-1-2-4-15(14)13-16/h1-13H,(H,27,29)(H,28,30). The largest absolute Gasteiger partial charge is 0.573 e. The molecule has 0 aliphatic carbocycles. The lowest BCUT2D eigenvalue weighted by atomic mass is 10.0. The van der Waals surface area contributed by atoms with Crippen molar-refractivity contribution in [3.8, 4) is 17.0 Å². The number of carbonyl (C=O) groups excluding carboxylic acids is 1. The molecule has 0 bridgehead atoms. The molecule has 2 N–H and O–H groups in total. The molecule has 156 valence electrons. The fourth-order valence-corrected chi connectivity index (χ4v) is 3.12. The third kappa shape index (κ3) is 4.75. The normalized spacial score (nSPS) is 11.3. The first-order valence-corrected chi connectivity index (χ1v) is 9.18. The summed E-state index contributed by atoms with van der Waals surface area (Å²) in [5.74, 6) is -1.10. The van der Waals surface area contributed by atoms with Gasteiger partial charge in [0.1, 0.15) is 11.3 Å². The van der Waals surface area contributed by atoms with Gasteiger partial charge in [-0.25, -0.2) is 0 Å². The highest BCUT2D eigenvalue weighted by molar-refractivity contribution is 6.04. The number of ether oxygens (including phenoxy) is 1. The van der Waals surface area contributed by atoms with Crippen molar-refractivity contribution in [1.29, 1.82) is 0 Å². The molecule has 0 atom stereocenters. The second-order valence-electron chi connectivity index (χ2n) is 6.70. The van der Waals surface area contributed by atoms with Gasteiger partial charge in [0.2, 0.25) is 0 Å². The van der Waals surface area contributed by atoms with Crippen molar-refractivity contribution in [3.05, 3.63) is 94.8 Å². The third-order valence-corrected chi connectivity index (χ3v) is 4.56. The van der Waals surface area contributed by atoms with Crippen molar-refractivity contribution in [1.82, 2.24) is 4.98 Å². The molecule has 0 unspecified atom stereocenters. The molecule has 8 heteroatoms. The van der Waals surface area contributed by atoms with Crippen LogP contribution in [0.5, 0.6) is 5.75 Å². The number of alkyl halides is 3. The number of anilines is 1. The minimum atomic E-state index is -4.80. The van der Waals surface area contributed by atoms with Crippen LogP contribution in [0.1, 0.15) is 10.4 Å². The summed E-state index contributed by atoms with van der Waals surface area (Å²) in [7, 11) is 0. The van der Waals surface area contributed by atoms with Gasteiger partial charge in [-0.3, -0.25) is 9.59 Å². The van der Waals surface area contributed by atoms with Gasteiger partial charge in [-0.05, 0) is 58.8 Å². The molecular formula is C23H15F3N2O3. The predicted octanol–water partition coefficient (Wildman–Crippen LogP) is 5.35. The number of H-pyrrole nitrogens is 1. The van der Waals surface area contributed by atoms with E-state index in [0.29, 0.717) is 5.69 Å². The van der Waals surface area contributed by atoms with Crippen LogP contribution >= 0.6 is 0 Å². The zero-order valence-corrected chi connectivity index (χ0v) is 15.9. The lowest BCUT2D eigenvalue weighted by Gasteiger charge is -2.10. The van der Waals surface area contributed by atoms with Gasteiger partial charge in [-0.15, -0.1) is 13.2 Å². The molecule has 0 saturated carbocycles. The van der Waals surface area contributed by atoms with E-state index in [0.717, 1.165) is 28.5 Å². The first-order chi connectivity index (χ1) is 14.8. The molecule has 4 aromatic rings. The summed E-state index contributed by atoms with van der Waals surface area (Å²) in [4.78, 5) is 27.6. The number of rotatable bonds is 4. The van der Waals surface area contributed by atoms with Gasteiger partial charge >= 0.3 is 6.36 Å². The quantitative estimate of drug-likeness (QED) is 0.464. The van der Waals surface area contributed by atoms with E-state index in [9.17, 15) is 22.8 Å². The van der Waals surface area contributed by atoms with Gasteiger partial charge in [0.15, 0.2) is 0 Å². The molecule has 5 nitrogen and oxygen atoms in total. The summed E-state index contributed by atoms with van der Waals surface area (Å²) in [6.07, 6.45) is -4.80. The smallest absolute Gasteiger partial charge is 0.406 e. The average Bonchev–Trinajstić information content (AvgIpc) is 2.73. The molecular weight excluding hydrogens is 409 g/mol. The molecule has 0 aliphatic rings. The van der Waals surface area contributed by atoms with Crippen molar-refractivity contribution < 1.29 is 22.7 Å². The molecule has 1 amide bonds. The minimum Gasteiger partial charge on any atom is -0.406 e. The number of benzene rings is 3. The summed E-state index contributed by atoms with van der Waals surface area (Å²) in [5.41, 5.74) is 0.863. The van der Waals surface area contributed by atoms with E-state index < -0.39 is 23.6 Å². The number of nitrogens with one attached hydrogen (secondary N) is 2. The van der Waals surface area contributed by atoms with Gasteiger partial charge in [-0.1, -0.05) is 36.4 Å². The van der Waals surface area contributed by atoms with Crippen molar-refractivity contribution >= 4 is 22.4 Å². The number of pyridine rings is 1. The summed E-state index contributed by atoms with van der Waals surface area (Å²) < 4.78 is 40.4. The fraction of sp³-hybridized carbons (Fsp3) is 0.0435. The summed E-state index contributed by atoms with van der Waals surface area (Å²) in [6.45, 7) is 0. The Morgan fingerprint density at radius 1 is 0.871 bits per heavy atom. The molecule has 0 saturated heterocycles. The van der Waals surface area contributed by atoms with Crippen LogP contribution in [0.4, 0.5) is 18.9 Å². The van der Waals surface area contributed by atoms with Crippen LogP contribution < -0.4 is 15.6 Å². The highest BCUT2D eigenvalue weighted by Crippen LogP contribution is 2.25. The Labute approximate surface area is 174 Å². The second-order valence-corrected chi connectivity index (χ2v) is 6.70. The van der Waals surface area contributed by atoms with Crippen LogP contribution in [0.25, 0.3) is 22.0 Å². The minimum absolute atomic E-state index is 0.125. The van der Waals surface area contributed by atoms with E-state index in [4.69, 9.17) is 0 Å². The molecule has 0 fully saturated rings. The van der Waals surface area contributed by atoms with Gasteiger partial charge in [0.25, 0.3) is 11.5 Å². The summed E-state index contributed by atoms with van der Waals surface area (Å²) in [5, 5.41) is 4.56. The third-order valence-electron chi connectivity index (χ3n) is 4.56. The van der Waals surface area contributed by atoms with Gasteiger partial charge < -0.3 is 15.0 Å². The molecule has 4 rings (SSSR count). The first kappa shape index (κ1) is 20.2. The first-order valence-electron chi connectivity index (χ1n) is 9.18. The maximum atomic E-state index is 12.5. The lowest BCUT2D eigenvalue weighted by Crippen LogP contribution is -2.23. The van der Waals surface area contributed by atoms with Crippen LogP contribution in [0.2, 0.25) is 0 Å². The van der Waals surface area contributed by atoms with Crippen LogP contribution in [0.15, 0.2) is 83.7 Å². The van der Waals surface area contributed by atoms with E-state index in [1.54, 1.807) is 6.07 Å². The maximum absolute atomic E-state index is 12.5. The number of amides is 1. The van der Waals surface area contributed by atoms with Crippen LogP contribution in [-0.2, 0) is 0 Å². The highest BCUT2D eigenvalue weighted by Gasteiger charge is 2.31. The van der Waals surface area contributed by atoms with E-state index in [1.165, 1.54) is 18.2 Å². The van der Waals surface area contributed by atoms with E-state index in [2.05, 4.69) is 15.0 Å². The Balaban J connectivity index is 1.52. The number of aromatic nitrogens is 1. The molecule has 0 spiro atoms. The van der Waals surface area contributed by atoms with E-state index >= 15 is 0 Å². The molecule has 1 heterocycles. The molecule has 31 heavy (non-hydrogen) atoms. The predicted molar refractivity (Wildman–Crippen MR) is 111 cm³/mol. The Kier molecular flexibility index (Phi) is 5.21. The maximum Gasteiger partial charge on any atom is 0.573 e. The SMILES string of the molecule is O=C(Nc1ccc(OC(F)(F)F)cc1)c1ccc(-c2ccc3ccccc3c2)[nH]c1=O. The Bertz CT molecular complexity index is 1310.